The third-order valence-corrected chi connectivity index (χ3v) is 9.66. The highest BCUT2D eigenvalue weighted by Gasteiger charge is 2.43. The predicted octanol–water partition coefficient (Wildman–Crippen LogP) is 3.62. The average Bonchev–Trinajstić information content (AvgIpc) is 3.71. The molecule has 0 radical (unpaired) electrons. The van der Waals surface area contributed by atoms with Crippen molar-refractivity contribution in [1.29, 1.82) is 0 Å². The van der Waals surface area contributed by atoms with E-state index in [9.17, 15) is 14.7 Å². The van der Waals surface area contributed by atoms with Gasteiger partial charge in [-0.05, 0) is 65.4 Å². The molecule has 3 fully saturated rings. The molecule has 2 aliphatic heterocycles. The summed E-state index contributed by atoms with van der Waals surface area (Å²) in [5.41, 5.74) is 0.921. The van der Waals surface area contributed by atoms with Gasteiger partial charge < -0.3 is 24.5 Å². The van der Waals surface area contributed by atoms with Crippen molar-refractivity contribution in [1.82, 2.24) is 34.4 Å². The number of hydrogen-bond acceptors (Lipinski definition) is 10. The van der Waals surface area contributed by atoms with Gasteiger partial charge in [0, 0.05) is 62.0 Å². The lowest BCUT2D eigenvalue weighted by atomic mass is 9.83. The van der Waals surface area contributed by atoms with E-state index in [2.05, 4.69) is 20.2 Å². The number of carbonyl (C=O) groups is 1. The molecule has 14 heteroatoms. The molecule has 0 bridgehead atoms. The Morgan fingerprint density at radius 3 is 2.65 bits per heavy atom. The second-order valence-electron chi connectivity index (χ2n) is 14.1. The maximum atomic E-state index is 13.4. The first-order valence-corrected chi connectivity index (χ1v) is 16.6. The Labute approximate surface area is 274 Å². The van der Waals surface area contributed by atoms with E-state index < -0.39 is 11.8 Å². The van der Waals surface area contributed by atoms with E-state index >= 15 is 0 Å². The van der Waals surface area contributed by atoms with Crippen LogP contribution >= 0.6 is 11.6 Å². The van der Waals surface area contributed by atoms with Crippen LogP contribution in [0, 0.1) is 11.3 Å². The van der Waals surface area contributed by atoms with Crippen LogP contribution in [0.5, 0.6) is 0 Å². The Morgan fingerprint density at radius 1 is 1.20 bits per heavy atom. The van der Waals surface area contributed by atoms with Crippen molar-refractivity contribution in [2.75, 3.05) is 55.0 Å². The number of nitrogens with zero attached hydrogens (tertiary/aromatic N) is 9. The summed E-state index contributed by atoms with van der Waals surface area (Å²) in [6.45, 7) is 11.0. The Bertz CT molecular complexity index is 1590. The molecule has 2 saturated heterocycles. The van der Waals surface area contributed by atoms with Crippen LogP contribution in [0.2, 0.25) is 0 Å². The third-order valence-electron chi connectivity index (χ3n) is 9.09. The number of rotatable bonds is 10. The van der Waals surface area contributed by atoms with E-state index in [1.165, 1.54) is 0 Å². The van der Waals surface area contributed by atoms with Gasteiger partial charge in [0.05, 0.1) is 31.2 Å². The van der Waals surface area contributed by atoms with Gasteiger partial charge in [0.1, 0.15) is 29.0 Å². The second-order valence-corrected chi connectivity index (χ2v) is 14.3. The van der Waals surface area contributed by atoms with Crippen LogP contribution in [-0.2, 0) is 4.74 Å². The highest BCUT2D eigenvalue weighted by molar-refractivity contribution is 6.18. The number of pyridine rings is 1. The van der Waals surface area contributed by atoms with Gasteiger partial charge in [0.25, 0.3) is 5.56 Å². The summed E-state index contributed by atoms with van der Waals surface area (Å²) >= 11 is 6.06. The summed E-state index contributed by atoms with van der Waals surface area (Å²) in [5, 5.41) is 18.3. The molecule has 1 unspecified atom stereocenters. The lowest BCUT2D eigenvalue weighted by Crippen LogP contribution is -2.60. The number of halogens is 1. The zero-order chi connectivity index (χ0) is 32.6. The molecule has 0 aromatic carbocycles. The minimum atomic E-state index is -0.552. The van der Waals surface area contributed by atoms with E-state index in [0.29, 0.717) is 48.6 Å². The Morgan fingerprint density at radius 2 is 1.98 bits per heavy atom. The molecular formula is C32H44ClN9O4. The molecule has 6 rings (SSSR count). The lowest BCUT2D eigenvalue weighted by Gasteiger charge is -2.48. The maximum Gasteiger partial charge on any atom is 0.410 e. The van der Waals surface area contributed by atoms with E-state index in [0.717, 1.165) is 44.5 Å². The number of aliphatic hydroxyl groups excluding tert-OH is 1. The molecule has 2 atom stereocenters. The van der Waals surface area contributed by atoms with Gasteiger partial charge in [0.15, 0.2) is 0 Å². The Balaban J connectivity index is 1.13. The van der Waals surface area contributed by atoms with E-state index in [4.69, 9.17) is 21.3 Å². The number of piperidine rings is 1. The van der Waals surface area contributed by atoms with Crippen molar-refractivity contribution in [3.8, 4) is 11.4 Å². The smallest absolute Gasteiger partial charge is 0.410 e. The fraction of sp³-hybridized carbons (Fsp3) is 0.625. The van der Waals surface area contributed by atoms with Crippen LogP contribution in [0.15, 0.2) is 41.7 Å². The van der Waals surface area contributed by atoms with E-state index in [-0.39, 0.29) is 29.7 Å². The quantitative estimate of drug-likeness (QED) is 0.323. The van der Waals surface area contributed by atoms with Crippen LogP contribution in [0.3, 0.4) is 0 Å². The first-order chi connectivity index (χ1) is 22.0. The molecule has 3 aliphatic rings. The van der Waals surface area contributed by atoms with Crippen molar-refractivity contribution in [2.24, 2.45) is 11.3 Å². The third kappa shape index (κ3) is 7.00. The Hall–Kier alpha value is -3.71. The summed E-state index contributed by atoms with van der Waals surface area (Å²) in [5.74, 6) is 1.61. The number of aromatic nitrogens is 6. The number of amides is 1. The number of hydrogen-bond donors (Lipinski definition) is 1. The number of carbonyl (C=O) groups excluding carboxylic acids is 1. The van der Waals surface area contributed by atoms with Gasteiger partial charge >= 0.3 is 6.09 Å². The SMILES string of the molecule is CC(n1cc(-c2cncc(N3CC(CO)(CCl)C3)n2)nn1)n1ccc(N2CCC[C@@H](N(CC3CC3)C(=O)OC(C)(C)C)C2)cc1=O. The molecule has 1 amide bonds. The first-order valence-electron chi connectivity index (χ1n) is 16.1. The largest absolute Gasteiger partial charge is 0.444 e. The molecule has 5 heterocycles. The van der Waals surface area contributed by atoms with Crippen molar-refractivity contribution in [3.05, 3.63) is 47.3 Å². The minimum absolute atomic E-state index is 0.0261. The van der Waals surface area contributed by atoms with E-state index in [1.54, 1.807) is 40.1 Å². The molecule has 13 nitrogen and oxygen atoms in total. The first kappa shape index (κ1) is 32.2. The minimum Gasteiger partial charge on any atom is -0.444 e. The highest BCUT2D eigenvalue weighted by atomic mass is 35.5. The summed E-state index contributed by atoms with van der Waals surface area (Å²) in [4.78, 5) is 41.8. The zero-order valence-electron chi connectivity index (χ0n) is 27.0. The van der Waals surface area contributed by atoms with Gasteiger partial charge in [-0.15, -0.1) is 16.7 Å². The van der Waals surface area contributed by atoms with Crippen molar-refractivity contribution >= 4 is 29.2 Å². The van der Waals surface area contributed by atoms with Crippen LogP contribution < -0.4 is 15.4 Å². The summed E-state index contributed by atoms with van der Waals surface area (Å²) < 4.78 is 9.02. The van der Waals surface area contributed by atoms with Crippen molar-refractivity contribution in [3.63, 3.8) is 0 Å². The summed E-state index contributed by atoms with van der Waals surface area (Å²) in [6, 6.07) is 3.64. The maximum absolute atomic E-state index is 13.4. The summed E-state index contributed by atoms with van der Waals surface area (Å²) in [6.07, 6.45) is 10.3. The zero-order valence-corrected chi connectivity index (χ0v) is 27.8. The molecule has 1 N–H and O–H groups in total. The fourth-order valence-corrected chi connectivity index (χ4v) is 6.44. The number of aliphatic hydroxyl groups is 1. The number of ether oxygens (including phenoxy) is 1. The lowest BCUT2D eigenvalue weighted by molar-refractivity contribution is 0.0134. The van der Waals surface area contributed by atoms with Crippen LogP contribution in [-0.4, -0.2) is 102 Å². The molecule has 1 saturated carbocycles. The van der Waals surface area contributed by atoms with Gasteiger partial charge in [-0.25, -0.2) is 14.5 Å². The molecule has 1 aliphatic carbocycles. The molecule has 3 aromatic rings. The monoisotopic (exact) mass is 653 g/mol. The standard InChI is InChI=1S/C32H44ClN9O4/c1-22(42-17-27(36-37-42)26-13-34-14-28(35-26)39-19-32(18-33,20-39)21-43)40-11-9-24(12-29(40)44)38-10-5-6-25(16-38)41(15-23-7-8-23)30(45)46-31(2,3)4/h9,11-14,17,22-23,25,43H,5-8,10,15-16,18-21H2,1-4H3/t22?,25-/m1/s1. The van der Waals surface area contributed by atoms with Gasteiger partial charge in [-0.1, -0.05) is 5.21 Å². The second kappa shape index (κ2) is 12.8. The molecular weight excluding hydrogens is 610 g/mol. The summed E-state index contributed by atoms with van der Waals surface area (Å²) in [7, 11) is 0. The van der Waals surface area contributed by atoms with E-state index in [1.807, 2.05) is 43.6 Å². The topological polar surface area (TPSA) is 135 Å². The number of anilines is 2. The molecule has 46 heavy (non-hydrogen) atoms. The highest BCUT2D eigenvalue weighted by Crippen LogP contribution is 2.35. The molecule has 0 spiro atoms. The normalized spacial score (nSPS) is 20.3. The number of alkyl halides is 1. The van der Waals surface area contributed by atoms with Crippen molar-refractivity contribution < 1.29 is 14.6 Å². The van der Waals surface area contributed by atoms with Crippen LogP contribution in [0.4, 0.5) is 16.3 Å². The van der Waals surface area contributed by atoms with Gasteiger partial charge in [0.2, 0.25) is 0 Å². The van der Waals surface area contributed by atoms with Gasteiger partial charge in [-0.3, -0.25) is 14.3 Å². The Kier molecular flexibility index (Phi) is 8.99. The predicted molar refractivity (Wildman–Crippen MR) is 175 cm³/mol. The fourth-order valence-electron chi connectivity index (χ4n) is 6.19. The average molecular weight is 654 g/mol. The van der Waals surface area contributed by atoms with Crippen LogP contribution in [0.1, 0.15) is 59.5 Å². The molecule has 248 valence electrons. The van der Waals surface area contributed by atoms with Gasteiger partial charge in [-0.2, -0.15) is 0 Å². The van der Waals surface area contributed by atoms with Crippen LogP contribution in [0.25, 0.3) is 11.4 Å². The van der Waals surface area contributed by atoms with Crippen molar-refractivity contribution in [2.45, 2.75) is 71.2 Å². The molecule has 3 aromatic heterocycles.